The summed E-state index contributed by atoms with van der Waals surface area (Å²) in [6.07, 6.45) is 0. The first kappa shape index (κ1) is 35.0. The molecule has 4 heteroatoms. The Kier molecular flexibility index (Phi) is 7.69. The fraction of sp³-hybridized carbons (Fsp3) is 0.0172. The number of hydrogen-bond donors (Lipinski definition) is 0. The van der Waals surface area contributed by atoms with E-state index in [9.17, 15) is 0 Å². The Hall–Kier alpha value is -7.79. The van der Waals surface area contributed by atoms with E-state index < -0.39 is 0 Å². The lowest BCUT2D eigenvalue weighted by molar-refractivity contribution is 0.794. The summed E-state index contributed by atoms with van der Waals surface area (Å²) in [7, 11) is 0. The van der Waals surface area contributed by atoms with Crippen molar-refractivity contribution in [3.8, 4) is 78.7 Å². The maximum Gasteiger partial charge on any atom is 0.164 e. The zero-order valence-electron chi connectivity index (χ0n) is 33.5. The van der Waals surface area contributed by atoms with E-state index in [1.165, 1.54) is 75.8 Å². The van der Waals surface area contributed by atoms with Gasteiger partial charge in [-0.25, -0.2) is 15.0 Å². The third-order valence-corrected chi connectivity index (χ3v) is 14.1. The highest BCUT2D eigenvalue weighted by Gasteiger charge is 2.51. The van der Waals surface area contributed by atoms with Gasteiger partial charge in [0.2, 0.25) is 0 Å². The zero-order valence-corrected chi connectivity index (χ0v) is 34.3. The molecule has 0 atom stereocenters. The maximum absolute atomic E-state index is 5.28. The molecule has 1 spiro atoms. The molecule has 2 aliphatic carbocycles. The number of rotatable bonds is 5. The molecule has 2 heterocycles. The number of benzene rings is 9. The molecule has 0 aliphatic heterocycles. The van der Waals surface area contributed by atoms with Gasteiger partial charge in [0, 0.05) is 36.9 Å². The summed E-state index contributed by atoms with van der Waals surface area (Å²) >= 11 is 1.80. The Bertz CT molecular complexity index is 3540. The molecule has 2 aromatic heterocycles. The average molecular weight is 806 g/mol. The maximum atomic E-state index is 5.28. The lowest BCUT2D eigenvalue weighted by Crippen LogP contribution is -2.25. The average Bonchev–Trinajstić information content (AvgIpc) is 3.98. The fourth-order valence-electron chi connectivity index (χ4n) is 10.3. The van der Waals surface area contributed by atoms with E-state index in [4.69, 9.17) is 15.0 Å². The van der Waals surface area contributed by atoms with Crippen LogP contribution in [0.1, 0.15) is 22.3 Å². The summed E-state index contributed by atoms with van der Waals surface area (Å²) in [5.41, 5.74) is 17.8. The fourth-order valence-corrected chi connectivity index (χ4v) is 11.5. The number of aromatic nitrogens is 3. The summed E-state index contributed by atoms with van der Waals surface area (Å²) < 4.78 is 2.47. The molecule has 62 heavy (non-hydrogen) atoms. The van der Waals surface area contributed by atoms with Crippen molar-refractivity contribution in [3.05, 3.63) is 235 Å². The Balaban J connectivity index is 0.919. The van der Waals surface area contributed by atoms with Crippen LogP contribution in [0, 0.1) is 0 Å². The molecular weight excluding hydrogens is 771 g/mol. The molecule has 0 bridgehead atoms. The summed E-state index contributed by atoms with van der Waals surface area (Å²) in [6.45, 7) is 0. The Morgan fingerprint density at radius 1 is 0.290 bits per heavy atom. The van der Waals surface area contributed by atoms with Gasteiger partial charge in [0.05, 0.1) is 5.41 Å². The SMILES string of the molecule is c1ccc(-c2nc(-c3ccccc3-c3ccc(-c4ccc5c(c4)-c4ccccc4C54c5ccccc5-c5ccccc54)cc3)nc(-c3cccc4sc5ccccc5c34)n2)cc1. The van der Waals surface area contributed by atoms with E-state index in [0.29, 0.717) is 17.5 Å². The van der Waals surface area contributed by atoms with Crippen LogP contribution in [0.15, 0.2) is 212 Å². The van der Waals surface area contributed by atoms with Gasteiger partial charge >= 0.3 is 0 Å². The van der Waals surface area contributed by atoms with Gasteiger partial charge in [-0.15, -0.1) is 11.3 Å². The van der Waals surface area contributed by atoms with Crippen LogP contribution >= 0.6 is 11.3 Å². The molecule has 0 amide bonds. The standard InChI is InChI=1S/C58H35N3S/c1-2-15-38(16-3-1)55-59-56(61-57(60-55)46-23-14-28-53-54(46)45-22-9-13-27-52(45)62-53)44-21-5-4-17-40(44)37-31-29-36(30-32-37)39-33-34-51-47(35-39)43-20-8-12-26-50(43)58(51)48-24-10-6-18-41(48)42-19-7-11-25-49(42)58/h1-35H. The summed E-state index contributed by atoms with van der Waals surface area (Å²) in [5, 5.41) is 2.39. The quantitative estimate of drug-likeness (QED) is 0.174. The van der Waals surface area contributed by atoms with Crippen molar-refractivity contribution in [2.75, 3.05) is 0 Å². The Morgan fingerprint density at radius 2 is 0.774 bits per heavy atom. The third-order valence-electron chi connectivity index (χ3n) is 13.0. The molecule has 11 aromatic rings. The lowest BCUT2D eigenvalue weighted by Gasteiger charge is -2.30. The van der Waals surface area contributed by atoms with Crippen molar-refractivity contribution in [3.63, 3.8) is 0 Å². The van der Waals surface area contributed by atoms with Crippen LogP contribution in [-0.4, -0.2) is 15.0 Å². The van der Waals surface area contributed by atoms with Gasteiger partial charge in [0.15, 0.2) is 17.5 Å². The predicted octanol–water partition coefficient (Wildman–Crippen LogP) is 14.9. The zero-order chi connectivity index (χ0) is 40.8. The second-order valence-electron chi connectivity index (χ2n) is 16.2. The van der Waals surface area contributed by atoms with Crippen LogP contribution in [0.5, 0.6) is 0 Å². The van der Waals surface area contributed by atoms with Crippen molar-refractivity contribution in [1.82, 2.24) is 15.0 Å². The molecule has 3 nitrogen and oxygen atoms in total. The van der Waals surface area contributed by atoms with Crippen LogP contribution < -0.4 is 0 Å². The van der Waals surface area contributed by atoms with Gasteiger partial charge in [-0.05, 0) is 85.0 Å². The first-order chi connectivity index (χ1) is 30.7. The second-order valence-corrected chi connectivity index (χ2v) is 17.3. The highest BCUT2D eigenvalue weighted by molar-refractivity contribution is 7.25. The van der Waals surface area contributed by atoms with Crippen LogP contribution in [0.2, 0.25) is 0 Å². The van der Waals surface area contributed by atoms with Crippen molar-refractivity contribution >= 4 is 31.5 Å². The van der Waals surface area contributed by atoms with Gasteiger partial charge in [-0.3, -0.25) is 0 Å². The monoisotopic (exact) mass is 805 g/mol. The van der Waals surface area contributed by atoms with Gasteiger partial charge in [-0.1, -0.05) is 194 Å². The van der Waals surface area contributed by atoms with Gasteiger partial charge in [-0.2, -0.15) is 0 Å². The molecule has 288 valence electrons. The van der Waals surface area contributed by atoms with Crippen LogP contribution in [0.4, 0.5) is 0 Å². The number of nitrogens with zero attached hydrogens (tertiary/aromatic N) is 3. The number of thiophene rings is 1. The summed E-state index contributed by atoms with van der Waals surface area (Å²) in [4.78, 5) is 15.6. The molecule has 0 unspecified atom stereocenters. The van der Waals surface area contributed by atoms with Gasteiger partial charge in [0.25, 0.3) is 0 Å². The number of fused-ring (bicyclic) bond motifs is 13. The molecular formula is C58H35N3S. The largest absolute Gasteiger partial charge is 0.208 e. The van der Waals surface area contributed by atoms with Crippen LogP contribution in [0.25, 0.3) is 98.8 Å². The van der Waals surface area contributed by atoms with Crippen molar-refractivity contribution in [2.45, 2.75) is 5.41 Å². The van der Waals surface area contributed by atoms with Crippen molar-refractivity contribution in [2.24, 2.45) is 0 Å². The molecule has 0 N–H and O–H groups in total. The minimum atomic E-state index is -0.343. The highest BCUT2D eigenvalue weighted by atomic mass is 32.1. The van der Waals surface area contributed by atoms with Gasteiger partial charge in [0.1, 0.15) is 0 Å². The first-order valence-electron chi connectivity index (χ1n) is 21.1. The van der Waals surface area contributed by atoms with E-state index in [2.05, 4.69) is 194 Å². The Morgan fingerprint density at radius 3 is 1.48 bits per heavy atom. The van der Waals surface area contributed by atoms with Crippen molar-refractivity contribution in [1.29, 1.82) is 0 Å². The molecule has 0 saturated heterocycles. The Labute approximate surface area is 363 Å². The van der Waals surface area contributed by atoms with Crippen molar-refractivity contribution < 1.29 is 0 Å². The summed E-state index contributed by atoms with van der Waals surface area (Å²) in [5.74, 6) is 1.96. The van der Waals surface area contributed by atoms with E-state index in [-0.39, 0.29) is 5.41 Å². The molecule has 0 radical (unpaired) electrons. The minimum absolute atomic E-state index is 0.343. The molecule has 2 aliphatic rings. The van der Waals surface area contributed by atoms with E-state index >= 15 is 0 Å². The molecule has 9 aromatic carbocycles. The topological polar surface area (TPSA) is 38.7 Å². The van der Waals surface area contributed by atoms with E-state index in [0.717, 1.165) is 27.8 Å². The minimum Gasteiger partial charge on any atom is -0.208 e. The molecule has 13 rings (SSSR count). The normalized spacial score (nSPS) is 13.0. The number of hydrogen-bond acceptors (Lipinski definition) is 4. The summed E-state index contributed by atoms with van der Waals surface area (Å²) in [6, 6.07) is 76.8. The predicted molar refractivity (Wildman–Crippen MR) is 256 cm³/mol. The first-order valence-corrected chi connectivity index (χ1v) is 21.9. The third kappa shape index (κ3) is 5.08. The smallest absolute Gasteiger partial charge is 0.164 e. The van der Waals surface area contributed by atoms with Crippen LogP contribution in [-0.2, 0) is 5.41 Å². The second kappa shape index (κ2) is 13.6. The lowest BCUT2D eigenvalue weighted by atomic mass is 9.70. The highest BCUT2D eigenvalue weighted by Crippen LogP contribution is 2.63. The molecule has 0 fully saturated rings. The molecule has 0 saturated carbocycles. The van der Waals surface area contributed by atoms with E-state index in [1.807, 2.05) is 18.2 Å². The van der Waals surface area contributed by atoms with Crippen LogP contribution in [0.3, 0.4) is 0 Å². The van der Waals surface area contributed by atoms with E-state index in [1.54, 1.807) is 11.3 Å². The van der Waals surface area contributed by atoms with Gasteiger partial charge < -0.3 is 0 Å².